The minimum Gasteiger partial charge on any atom is -0.377 e. The van der Waals surface area contributed by atoms with Gasteiger partial charge in [-0.15, -0.1) is 5.01 Å². The third-order valence-electron chi connectivity index (χ3n) is 1.22. The van der Waals surface area contributed by atoms with Gasteiger partial charge in [0.1, 0.15) is 13.1 Å². The highest BCUT2D eigenvalue weighted by Crippen LogP contribution is 1.94. The van der Waals surface area contributed by atoms with Gasteiger partial charge in [0.15, 0.2) is 5.03 Å². The van der Waals surface area contributed by atoms with Crippen LogP contribution < -0.4 is 0 Å². The molecule has 0 bridgehead atoms. The number of nitrogens with zero attached hydrogens (tertiary/aromatic N) is 2. The molecule has 0 saturated carbocycles. The van der Waals surface area contributed by atoms with Crippen LogP contribution in [0, 0.1) is 10.1 Å². The molecule has 0 aromatic carbocycles. The van der Waals surface area contributed by atoms with Gasteiger partial charge in [0.2, 0.25) is 0 Å². The summed E-state index contributed by atoms with van der Waals surface area (Å²) in [6.07, 6.45) is 0. The van der Waals surface area contributed by atoms with E-state index in [4.69, 9.17) is 4.74 Å². The zero-order chi connectivity index (χ0) is 6.69. The minimum atomic E-state index is -0.386. The van der Waals surface area contributed by atoms with E-state index in [1.165, 1.54) is 0 Å². The molecule has 1 fully saturated rings. The fraction of sp³-hybridized carbons (Fsp3) is 1.00. The summed E-state index contributed by atoms with van der Waals surface area (Å²) < 4.78 is 4.90. The fourth-order valence-corrected chi connectivity index (χ4v) is 0.717. The lowest BCUT2D eigenvalue weighted by Crippen LogP contribution is -2.40. The summed E-state index contributed by atoms with van der Waals surface area (Å²) in [5.41, 5.74) is 0. The Balaban J connectivity index is 2.31. The smallest absolute Gasteiger partial charge is 0.160 e. The maximum absolute atomic E-state index is 10.0. The Kier molecular flexibility index (Phi) is 1.84. The second-order valence-corrected chi connectivity index (χ2v) is 1.80. The standard InChI is InChI=1S/C4H8N2O3/c7-6(8)5-1-3-9-4-2-5/h1-4H2. The third-order valence-corrected chi connectivity index (χ3v) is 1.22. The van der Waals surface area contributed by atoms with Crippen molar-refractivity contribution in [1.29, 1.82) is 0 Å². The van der Waals surface area contributed by atoms with Crippen LogP contribution in [0.1, 0.15) is 0 Å². The lowest BCUT2D eigenvalue weighted by Gasteiger charge is -2.18. The molecule has 0 spiro atoms. The van der Waals surface area contributed by atoms with Gasteiger partial charge in [-0.2, -0.15) is 0 Å². The molecule has 5 nitrogen and oxygen atoms in total. The summed E-state index contributed by atoms with van der Waals surface area (Å²) in [6.45, 7) is 1.77. The zero-order valence-corrected chi connectivity index (χ0v) is 4.95. The third kappa shape index (κ3) is 1.53. The molecule has 0 amide bonds. The predicted octanol–water partition coefficient (Wildman–Crippen LogP) is -0.490. The zero-order valence-electron chi connectivity index (χ0n) is 4.95. The van der Waals surface area contributed by atoms with Gasteiger partial charge in [-0.1, -0.05) is 0 Å². The number of ether oxygens (including phenoxy) is 1. The first-order valence-corrected chi connectivity index (χ1v) is 2.77. The Labute approximate surface area is 52.3 Å². The van der Waals surface area contributed by atoms with Gasteiger partial charge in [-0.05, 0) is 0 Å². The molecule has 0 aromatic rings. The molecule has 1 saturated heterocycles. The van der Waals surface area contributed by atoms with Crippen molar-refractivity contribution in [3.8, 4) is 0 Å². The van der Waals surface area contributed by atoms with Crippen molar-refractivity contribution in [1.82, 2.24) is 5.01 Å². The van der Waals surface area contributed by atoms with Crippen LogP contribution in [0.5, 0.6) is 0 Å². The molecular formula is C4H8N2O3. The average molecular weight is 132 g/mol. The Bertz CT molecular complexity index is 110. The molecule has 1 aliphatic rings. The molecule has 1 heterocycles. The summed E-state index contributed by atoms with van der Waals surface area (Å²) in [7, 11) is 0. The topological polar surface area (TPSA) is 55.6 Å². The lowest BCUT2D eigenvalue weighted by molar-refractivity contribution is -0.659. The molecule has 0 N–H and O–H groups in total. The minimum absolute atomic E-state index is 0.386. The molecule has 52 valence electrons. The molecular weight excluding hydrogens is 124 g/mol. The molecule has 1 rings (SSSR count). The number of rotatable bonds is 1. The molecule has 0 radical (unpaired) electrons. The van der Waals surface area contributed by atoms with Gasteiger partial charge in [-0.25, -0.2) is 10.1 Å². The number of hydrogen-bond donors (Lipinski definition) is 0. The predicted molar refractivity (Wildman–Crippen MR) is 29.4 cm³/mol. The van der Waals surface area contributed by atoms with Gasteiger partial charge in [0.05, 0.1) is 13.2 Å². The van der Waals surface area contributed by atoms with Crippen LogP contribution in [-0.4, -0.2) is 36.3 Å². The van der Waals surface area contributed by atoms with Gasteiger partial charge >= 0.3 is 0 Å². The molecule has 9 heavy (non-hydrogen) atoms. The van der Waals surface area contributed by atoms with E-state index in [0.29, 0.717) is 26.3 Å². The van der Waals surface area contributed by atoms with Crippen LogP contribution in [-0.2, 0) is 4.74 Å². The van der Waals surface area contributed by atoms with E-state index < -0.39 is 0 Å². The van der Waals surface area contributed by atoms with Crippen LogP contribution in [0.2, 0.25) is 0 Å². The largest absolute Gasteiger partial charge is 0.377 e. The van der Waals surface area contributed by atoms with E-state index in [0.717, 1.165) is 5.01 Å². The molecule has 0 atom stereocenters. The lowest BCUT2D eigenvalue weighted by atomic mass is 10.5. The number of nitro groups is 1. The van der Waals surface area contributed by atoms with Crippen molar-refractivity contribution in [3.63, 3.8) is 0 Å². The van der Waals surface area contributed by atoms with E-state index in [2.05, 4.69) is 0 Å². The van der Waals surface area contributed by atoms with E-state index in [9.17, 15) is 10.1 Å². The summed E-state index contributed by atoms with van der Waals surface area (Å²) in [5, 5.41) is 10.8. The average Bonchev–Trinajstić information content (AvgIpc) is 1.90. The molecule has 1 aliphatic heterocycles. The van der Waals surface area contributed by atoms with Crippen molar-refractivity contribution in [2.24, 2.45) is 0 Å². The van der Waals surface area contributed by atoms with Crippen LogP contribution in [0.25, 0.3) is 0 Å². The number of hydrogen-bond acceptors (Lipinski definition) is 3. The summed E-state index contributed by atoms with van der Waals surface area (Å²) in [6, 6.07) is 0. The first kappa shape index (κ1) is 6.28. The summed E-state index contributed by atoms with van der Waals surface area (Å²) in [5.74, 6) is 0. The summed E-state index contributed by atoms with van der Waals surface area (Å²) >= 11 is 0. The van der Waals surface area contributed by atoms with E-state index in [-0.39, 0.29) is 5.03 Å². The first-order valence-electron chi connectivity index (χ1n) is 2.77. The highest BCUT2D eigenvalue weighted by molar-refractivity contribution is 4.49. The maximum atomic E-state index is 10.0. The van der Waals surface area contributed by atoms with Crippen molar-refractivity contribution in [2.45, 2.75) is 0 Å². The van der Waals surface area contributed by atoms with E-state index in [1.807, 2.05) is 0 Å². The summed E-state index contributed by atoms with van der Waals surface area (Å²) in [4.78, 5) is 10.0. The van der Waals surface area contributed by atoms with Crippen molar-refractivity contribution in [2.75, 3.05) is 26.3 Å². The van der Waals surface area contributed by atoms with Gasteiger partial charge in [0.25, 0.3) is 0 Å². The second-order valence-electron chi connectivity index (χ2n) is 1.80. The molecule has 0 unspecified atom stereocenters. The maximum Gasteiger partial charge on any atom is 0.160 e. The second kappa shape index (κ2) is 2.63. The normalized spacial score (nSPS) is 19.8. The molecule has 0 aliphatic carbocycles. The van der Waals surface area contributed by atoms with Gasteiger partial charge < -0.3 is 4.74 Å². The fourth-order valence-electron chi connectivity index (χ4n) is 0.717. The Morgan fingerprint density at radius 2 is 2.00 bits per heavy atom. The van der Waals surface area contributed by atoms with Gasteiger partial charge in [-0.3, -0.25) is 0 Å². The van der Waals surface area contributed by atoms with Crippen LogP contribution in [0.15, 0.2) is 0 Å². The Morgan fingerprint density at radius 3 is 2.33 bits per heavy atom. The van der Waals surface area contributed by atoms with Gasteiger partial charge in [0, 0.05) is 0 Å². The Morgan fingerprint density at radius 1 is 1.44 bits per heavy atom. The first-order chi connectivity index (χ1) is 4.30. The molecule has 5 heteroatoms. The Hall–Kier alpha value is -0.840. The highest BCUT2D eigenvalue weighted by atomic mass is 16.7. The molecule has 0 aromatic heterocycles. The van der Waals surface area contributed by atoms with Crippen molar-refractivity contribution < 1.29 is 9.77 Å². The monoisotopic (exact) mass is 132 g/mol. The highest BCUT2D eigenvalue weighted by Gasteiger charge is 2.16. The van der Waals surface area contributed by atoms with Crippen LogP contribution >= 0.6 is 0 Å². The van der Waals surface area contributed by atoms with E-state index in [1.54, 1.807) is 0 Å². The number of hydrazine groups is 1. The number of morpholine rings is 1. The van der Waals surface area contributed by atoms with Crippen LogP contribution in [0.3, 0.4) is 0 Å². The van der Waals surface area contributed by atoms with Crippen LogP contribution in [0.4, 0.5) is 0 Å². The quantitative estimate of drug-likeness (QED) is 0.357. The van der Waals surface area contributed by atoms with Crippen molar-refractivity contribution >= 4 is 0 Å². The van der Waals surface area contributed by atoms with E-state index >= 15 is 0 Å². The van der Waals surface area contributed by atoms with Crippen molar-refractivity contribution in [3.05, 3.63) is 10.1 Å². The SMILES string of the molecule is O=[N+]([O-])N1CCOCC1.